The number of aromatic hydroxyl groups is 1. The predicted molar refractivity (Wildman–Crippen MR) is 118 cm³/mol. The van der Waals surface area contributed by atoms with Crippen LogP contribution in [-0.4, -0.2) is 30.0 Å². The highest BCUT2D eigenvalue weighted by Crippen LogP contribution is 2.49. The summed E-state index contributed by atoms with van der Waals surface area (Å²) in [5.41, 5.74) is 4.57. The van der Waals surface area contributed by atoms with E-state index in [0.29, 0.717) is 12.2 Å². The van der Waals surface area contributed by atoms with Crippen molar-refractivity contribution in [3.05, 3.63) is 82.9 Å². The van der Waals surface area contributed by atoms with Crippen LogP contribution in [0.2, 0.25) is 0 Å². The minimum atomic E-state index is -0.491. The van der Waals surface area contributed by atoms with Gasteiger partial charge in [-0.2, -0.15) is 5.10 Å². The summed E-state index contributed by atoms with van der Waals surface area (Å²) < 4.78 is 17.5. The summed E-state index contributed by atoms with van der Waals surface area (Å²) in [6.07, 6.45) is 0.176. The molecule has 6 nitrogen and oxygen atoms in total. The van der Waals surface area contributed by atoms with Crippen molar-refractivity contribution in [2.75, 3.05) is 14.2 Å². The second-order valence-corrected chi connectivity index (χ2v) is 7.78. The average molecular weight is 416 g/mol. The molecule has 1 N–H and O–H groups in total. The molecule has 0 bridgehead atoms. The van der Waals surface area contributed by atoms with E-state index < -0.39 is 6.23 Å². The molecule has 3 aromatic carbocycles. The molecule has 2 heterocycles. The van der Waals surface area contributed by atoms with E-state index in [4.69, 9.17) is 19.3 Å². The first-order chi connectivity index (χ1) is 15.1. The molecule has 0 aromatic heterocycles. The van der Waals surface area contributed by atoms with E-state index in [-0.39, 0.29) is 11.8 Å². The summed E-state index contributed by atoms with van der Waals surface area (Å²) in [4.78, 5) is 0. The van der Waals surface area contributed by atoms with Crippen LogP contribution in [0.25, 0.3) is 0 Å². The fourth-order valence-corrected chi connectivity index (χ4v) is 4.32. The maximum Gasteiger partial charge on any atom is 0.217 e. The molecule has 5 rings (SSSR count). The molecule has 0 unspecified atom stereocenters. The Balaban J connectivity index is 1.65. The first kappa shape index (κ1) is 19.3. The molecular weight excluding hydrogens is 392 g/mol. The van der Waals surface area contributed by atoms with Crippen LogP contribution < -0.4 is 14.2 Å². The van der Waals surface area contributed by atoms with E-state index >= 15 is 0 Å². The minimum absolute atomic E-state index is 0.0132. The number of nitrogens with zero attached hydrogens (tertiary/aromatic N) is 2. The molecule has 31 heavy (non-hydrogen) atoms. The van der Waals surface area contributed by atoms with Gasteiger partial charge in [-0.25, -0.2) is 5.01 Å². The summed E-state index contributed by atoms with van der Waals surface area (Å²) >= 11 is 0. The van der Waals surface area contributed by atoms with Crippen molar-refractivity contribution in [2.24, 2.45) is 5.10 Å². The van der Waals surface area contributed by atoms with E-state index in [1.807, 2.05) is 60.5 Å². The molecular formula is C25H24N2O4. The highest BCUT2D eigenvalue weighted by atomic mass is 16.5. The number of ether oxygens (including phenoxy) is 3. The van der Waals surface area contributed by atoms with E-state index in [2.05, 4.69) is 6.07 Å². The van der Waals surface area contributed by atoms with Gasteiger partial charge in [-0.05, 0) is 43.3 Å². The van der Waals surface area contributed by atoms with Crippen LogP contribution >= 0.6 is 0 Å². The van der Waals surface area contributed by atoms with Gasteiger partial charge in [0.1, 0.15) is 23.0 Å². The molecule has 0 saturated heterocycles. The summed E-state index contributed by atoms with van der Waals surface area (Å²) in [6.45, 7) is 2.01. The number of phenolic OH excluding ortho intramolecular Hbond substituents is 1. The molecule has 0 aliphatic carbocycles. The van der Waals surface area contributed by atoms with Crippen molar-refractivity contribution in [1.82, 2.24) is 5.01 Å². The Morgan fingerprint density at radius 1 is 1.00 bits per heavy atom. The lowest BCUT2D eigenvalue weighted by Crippen LogP contribution is -2.33. The SMILES string of the molecule is COc1ccc(OC)c([C@@H]2Oc3ccccc3[C@H]3CC(c4cc(C)ccc4O)=NN32)c1. The van der Waals surface area contributed by atoms with E-state index in [1.54, 1.807) is 20.3 Å². The lowest BCUT2D eigenvalue weighted by molar-refractivity contribution is -0.0204. The Morgan fingerprint density at radius 3 is 2.65 bits per heavy atom. The zero-order chi connectivity index (χ0) is 21.5. The number of hydrogen-bond acceptors (Lipinski definition) is 6. The molecule has 0 radical (unpaired) electrons. The quantitative estimate of drug-likeness (QED) is 0.651. The largest absolute Gasteiger partial charge is 0.507 e. The van der Waals surface area contributed by atoms with Gasteiger partial charge < -0.3 is 19.3 Å². The molecule has 2 aliphatic rings. The van der Waals surface area contributed by atoms with Gasteiger partial charge in [0, 0.05) is 17.5 Å². The second kappa shape index (κ2) is 7.54. The Morgan fingerprint density at radius 2 is 1.84 bits per heavy atom. The molecule has 0 spiro atoms. The highest BCUT2D eigenvalue weighted by Gasteiger charge is 2.42. The molecule has 0 amide bonds. The van der Waals surface area contributed by atoms with Gasteiger partial charge in [-0.15, -0.1) is 0 Å². The summed E-state index contributed by atoms with van der Waals surface area (Å²) in [5, 5.41) is 17.4. The van der Waals surface area contributed by atoms with Crippen LogP contribution in [0.5, 0.6) is 23.0 Å². The van der Waals surface area contributed by atoms with Gasteiger partial charge in [0.25, 0.3) is 0 Å². The number of phenols is 1. The highest BCUT2D eigenvalue weighted by molar-refractivity contribution is 6.04. The number of hydrogen-bond donors (Lipinski definition) is 1. The van der Waals surface area contributed by atoms with Crippen molar-refractivity contribution in [2.45, 2.75) is 25.6 Å². The Hall–Kier alpha value is -3.67. The third-order valence-corrected chi connectivity index (χ3v) is 5.86. The second-order valence-electron chi connectivity index (χ2n) is 7.78. The standard InChI is InChI=1S/C25H24N2O4/c1-15-8-10-22(28)18(12-15)20-14-21-17-6-4-5-7-24(17)31-25(27(21)26-20)19-13-16(29-2)9-11-23(19)30-3/h4-13,21,25,28H,14H2,1-3H3/t21-,25+/m1/s1. The predicted octanol–water partition coefficient (Wildman–Crippen LogP) is 4.96. The number of hydrazone groups is 1. The van der Waals surface area contributed by atoms with Gasteiger partial charge in [-0.3, -0.25) is 0 Å². The van der Waals surface area contributed by atoms with Gasteiger partial charge in [0.2, 0.25) is 6.23 Å². The topological polar surface area (TPSA) is 63.5 Å². The number of para-hydroxylation sites is 1. The Bertz CT molecular complexity index is 1170. The van der Waals surface area contributed by atoms with Crippen LogP contribution in [0.4, 0.5) is 0 Å². The smallest absolute Gasteiger partial charge is 0.217 e. The van der Waals surface area contributed by atoms with Crippen LogP contribution in [0.1, 0.15) is 40.9 Å². The van der Waals surface area contributed by atoms with Crippen molar-refractivity contribution < 1.29 is 19.3 Å². The number of fused-ring (bicyclic) bond motifs is 3. The van der Waals surface area contributed by atoms with Gasteiger partial charge in [0.05, 0.1) is 31.5 Å². The molecule has 0 fully saturated rings. The Labute approximate surface area is 181 Å². The van der Waals surface area contributed by atoms with E-state index in [0.717, 1.165) is 39.5 Å². The molecule has 3 aromatic rings. The first-order valence-corrected chi connectivity index (χ1v) is 10.2. The van der Waals surface area contributed by atoms with Crippen molar-refractivity contribution in [3.8, 4) is 23.0 Å². The fraction of sp³-hybridized carbons (Fsp3) is 0.240. The molecule has 0 saturated carbocycles. The molecule has 6 heteroatoms. The van der Waals surface area contributed by atoms with E-state index in [1.165, 1.54) is 0 Å². The minimum Gasteiger partial charge on any atom is -0.507 e. The maximum atomic E-state index is 10.5. The van der Waals surface area contributed by atoms with Crippen molar-refractivity contribution >= 4 is 5.71 Å². The number of benzene rings is 3. The zero-order valence-corrected chi connectivity index (χ0v) is 17.7. The lowest BCUT2D eigenvalue weighted by Gasteiger charge is -2.38. The number of aryl methyl sites for hydroxylation is 1. The molecule has 2 aliphatic heterocycles. The first-order valence-electron chi connectivity index (χ1n) is 10.2. The summed E-state index contributed by atoms with van der Waals surface area (Å²) in [6, 6.07) is 19.3. The summed E-state index contributed by atoms with van der Waals surface area (Å²) in [5.74, 6) is 2.47. The van der Waals surface area contributed by atoms with Gasteiger partial charge in [-0.1, -0.05) is 29.8 Å². The fourth-order valence-electron chi connectivity index (χ4n) is 4.32. The summed E-state index contributed by atoms with van der Waals surface area (Å²) in [7, 11) is 3.28. The van der Waals surface area contributed by atoms with Crippen LogP contribution in [0.15, 0.2) is 65.8 Å². The van der Waals surface area contributed by atoms with Gasteiger partial charge >= 0.3 is 0 Å². The number of methoxy groups -OCH3 is 2. The average Bonchev–Trinajstić information content (AvgIpc) is 3.25. The van der Waals surface area contributed by atoms with Gasteiger partial charge in [0.15, 0.2) is 0 Å². The van der Waals surface area contributed by atoms with Crippen molar-refractivity contribution in [3.63, 3.8) is 0 Å². The van der Waals surface area contributed by atoms with Crippen LogP contribution in [0.3, 0.4) is 0 Å². The van der Waals surface area contributed by atoms with Crippen LogP contribution in [-0.2, 0) is 0 Å². The normalized spacial score (nSPS) is 19.2. The Kier molecular flexibility index (Phi) is 4.70. The third-order valence-electron chi connectivity index (χ3n) is 5.86. The monoisotopic (exact) mass is 416 g/mol. The molecule has 2 atom stereocenters. The third kappa shape index (κ3) is 3.24. The maximum absolute atomic E-state index is 10.5. The lowest BCUT2D eigenvalue weighted by atomic mass is 9.95. The zero-order valence-electron chi connectivity index (χ0n) is 17.7. The van der Waals surface area contributed by atoms with Crippen LogP contribution in [0, 0.1) is 6.92 Å². The number of rotatable bonds is 4. The van der Waals surface area contributed by atoms with Crippen molar-refractivity contribution in [1.29, 1.82) is 0 Å². The molecule has 158 valence electrons. The van der Waals surface area contributed by atoms with E-state index in [9.17, 15) is 5.11 Å².